The minimum atomic E-state index is -0.358. The zero-order chi connectivity index (χ0) is 14.3. The molecule has 0 aliphatic carbocycles. The number of rotatable bonds is 7. The van der Waals surface area contributed by atoms with Crippen molar-refractivity contribution in [2.75, 3.05) is 18.4 Å². The van der Waals surface area contributed by atoms with E-state index in [1.165, 1.54) is 0 Å². The monoisotopic (exact) mass is 264 g/mol. The van der Waals surface area contributed by atoms with E-state index in [1.54, 1.807) is 12.1 Å². The first kappa shape index (κ1) is 14.9. The molecule has 0 saturated carbocycles. The minimum absolute atomic E-state index is 0.172. The number of nitrogens with one attached hydrogen (secondary N) is 2. The Kier molecular flexibility index (Phi) is 5.78. The number of pyridine rings is 1. The average molecular weight is 264 g/mol. The largest absolute Gasteiger partial charge is 0.370 e. The van der Waals surface area contributed by atoms with Crippen molar-refractivity contribution in [2.45, 2.75) is 26.7 Å². The van der Waals surface area contributed by atoms with Gasteiger partial charge >= 0.3 is 0 Å². The summed E-state index contributed by atoms with van der Waals surface area (Å²) in [5.74, 6) is 0.155. The first-order valence-corrected chi connectivity index (χ1v) is 6.32. The Balaban J connectivity index is 2.58. The second-order valence-electron chi connectivity index (χ2n) is 4.24. The summed E-state index contributed by atoms with van der Waals surface area (Å²) in [5, 5.41) is 5.82. The Morgan fingerprint density at radius 1 is 1.37 bits per heavy atom. The second-order valence-corrected chi connectivity index (χ2v) is 4.24. The second kappa shape index (κ2) is 7.35. The van der Waals surface area contributed by atoms with E-state index in [0.29, 0.717) is 24.3 Å². The maximum absolute atomic E-state index is 11.9. The number of nitrogens with zero attached hydrogens (tertiary/aromatic N) is 1. The number of hydrogen-bond donors (Lipinski definition) is 3. The van der Waals surface area contributed by atoms with E-state index in [2.05, 4.69) is 15.6 Å². The molecule has 0 fully saturated rings. The summed E-state index contributed by atoms with van der Waals surface area (Å²) in [6.45, 7) is 4.98. The van der Waals surface area contributed by atoms with Gasteiger partial charge in [0.1, 0.15) is 5.82 Å². The predicted molar refractivity (Wildman–Crippen MR) is 73.9 cm³/mol. The molecule has 1 aromatic heterocycles. The van der Waals surface area contributed by atoms with Gasteiger partial charge in [0.05, 0.1) is 0 Å². The summed E-state index contributed by atoms with van der Waals surface area (Å²) >= 11 is 0. The standard InChI is InChI=1S/C13H20N4O2/c1-3-15-12-8-10(7-9(2)17-12)13(19)16-6-4-5-11(14)18/h7-8H,3-6H2,1-2H3,(H2,14,18)(H,15,17)(H,16,19). The molecule has 0 aliphatic heterocycles. The Morgan fingerprint density at radius 2 is 2.11 bits per heavy atom. The van der Waals surface area contributed by atoms with Gasteiger partial charge in [-0.25, -0.2) is 4.98 Å². The van der Waals surface area contributed by atoms with Crippen molar-refractivity contribution in [3.05, 3.63) is 23.4 Å². The molecule has 0 spiro atoms. The number of anilines is 1. The Hall–Kier alpha value is -2.11. The topological polar surface area (TPSA) is 97.1 Å². The minimum Gasteiger partial charge on any atom is -0.370 e. The van der Waals surface area contributed by atoms with Crippen LogP contribution in [0, 0.1) is 6.92 Å². The highest BCUT2D eigenvalue weighted by molar-refractivity contribution is 5.95. The highest BCUT2D eigenvalue weighted by Gasteiger charge is 2.08. The van der Waals surface area contributed by atoms with Gasteiger partial charge in [-0.1, -0.05) is 0 Å². The first-order valence-electron chi connectivity index (χ1n) is 6.32. The van der Waals surface area contributed by atoms with E-state index in [0.717, 1.165) is 12.2 Å². The van der Waals surface area contributed by atoms with Crippen LogP contribution >= 0.6 is 0 Å². The van der Waals surface area contributed by atoms with Crippen LogP contribution in [0.2, 0.25) is 0 Å². The van der Waals surface area contributed by atoms with E-state index >= 15 is 0 Å². The van der Waals surface area contributed by atoms with Crippen LogP contribution in [0.1, 0.15) is 35.8 Å². The lowest BCUT2D eigenvalue weighted by Crippen LogP contribution is -2.26. The molecule has 0 unspecified atom stereocenters. The number of aromatic nitrogens is 1. The van der Waals surface area contributed by atoms with E-state index < -0.39 is 0 Å². The van der Waals surface area contributed by atoms with Crippen molar-refractivity contribution in [2.24, 2.45) is 5.73 Å². The summed E-state index contributed by atoms with van der Waals surface area (Å²) in [5.41, 5.74) is 6.36. The third-order valence-electron chi connectivity index (χ3n) is 2.46. The van der Waals surface area contributed by atoms with Crippen molar-refractivity contribution < 1.29 is 9.59 Å². The zero-order valence-electron chi connectivity index (χ0n) is 11.3. The number of hydrogen-bond acceptors (Lipinski definition) is 4. The normalized spacial score (nSPS) is 10.0. The smallest absolute Gasteiger partial charge is 0.251 e. The van der Waals surface area contributed by atoms with Gasteiger partial charge in [-0.15, -0.1) is 0 Å². The molecule has 1 aromatic rings. The summed E-state index contributed by atoms with van der Waals surface area (Å²) < 4.78 is 0. The van der Waals surface area contributed by atoms with E-state index in [9.17, 15) is 9.59 Å². The number of aryl methyl sites for hydroxylation is 1. The van der Waals surface area contributed by atoms with Gasteiger partial charge in [0.15, 0.2) is 0 Å². The van der Waals surface area contributed by atoms with Gasteiger partial charge in [-0.05, 0) is 32.4 Å². The molecule has 0 radical (unpaired) electrons. The summed E-state index contributed by atoms with van der Waals surface area (Å²) in [7, 11) is 0. The molecule has 0 atom stereocenters. The highest BCUT2D eigenvalue weighted by atomic mass is 16.2. The fourth-order valence-electron chi connectivity index (χ4n) is 1.64. The van der Waals surface area contributed by atoms with Crippen LogP contribution in [0.15, 0.2) is 12.1 Å². The van der Waals surface area contributed by atoms with Crippen LogP contribution in [0.25, 0.3) is 0 Å². The molecular formula is C13H20N4O2. The molecule has 1 rings (SSSR count). The van der Waals surface area contributed by atoms with Gasteiger partial charge in [-0.2, -0.15) is 0 Å². The van der Waals surface area contributed by atoms with Gasteiger partial charge in [0.25, 0.3) is 5.91 Å². The first-order chi connectivity index (χ1) is 9.02. The Labute approximate surface area is 112 Å². The van der Waals surface area contributed by atoms with E-state index in [-0.39, 0.29) is 18.2 Å². The van der Waals surface area contributed by atoms with Crippen molar-refractivity contribution in [1.29, 1.82) is 0 Å². The number of carbonyl (C=O) groups excluding carboxylic acids is 2. The Bertz CT molecular complexity index is 460. The van der Waals surface area contributed by atoms with Gasteiger partial charge < -0.3 is 16.4 Å². The molecular weight excluding hydrogens is 244 g/mol. The van der Waals surface area contributed by atoms with Crippen LogP contribution in [-0.2, 0) is 4.79 Å². The molecule has 2 amide bonds. The highest BCUT2D eigenvalue weighted by Crippen LogP contribution is 2.10. The fraction of sp³-hybridized carbons (Fsp3) is 0.462. The molecule has 0 saturated heterocycles. The van der Waals surface area contributed by atoms with Crippen molar-refractivity contribution in [3.63, 3.8) is 0 Å². The molecule has 4 N–H and O–H groups in total. The predicted octanol–water partition coefficient (Wildman–Crippen LogP) is 0.817. The summed E-state index contributed by atoms with van der Waals surface area (Å²) in [6, 6.07) is 3.43. The quantitative estimate of drug-likeness (QED) is 0.635. The van der Waals surface area contributed by atoms with Crippen molar-refractivity contribution >= 4 is 17.6 Å². The molecule has 104 valence electrons. The van der Waals surface area contributed by atoms with Crippen LogP contribution in [0.3, 0.4) is 0 Å². The lowest BCUT2D eigenvalue weighted by atomic mass is 10.2. The third kappa shape index (κ3) is 5.37. The zero-order valence-corrected chi connectivity index (χ0v) is 11.3. The number of primary amides is 1. The maximum atomic E-state index is 11.9. The van der Waals surface area contributed by atoms with E-state index in [4.69, 9.17) is 5.73 Å². The van der Waals surface area contributed by atoms with Gasteiger partial charge in [0, 0.05) is 30.8 Å². The maximum Gasteiger partial charge on any atom is 0.251 e. The summed E-state index contributed by atoms with van der Waals surface area (Å²) in [4.78, 5) is 26.8. The van der Waals surface area contributed by atoms with Gasteiger partial charge in [0.2, 0.25) is 5.91 Å². The molecule has 0 aromatic carbocycles. The van der Waals surface area contributed by atoms with Crippen LogP contribution in [0.4, 0.5) is 5.82 Å². The SMILES string of the molecule is CCNc1cc(C(=O)NCCCC(N)=O)cc(C)n1. The lowest BCUT2D eigenvalue weighted by molar-refractivity contribution is -0.118. The molecule has 19 heavy (non-hydrogen) atoms. The lowest BCUT2D eigenvalue weighted by Gasteiger charge is -2.08. The summed E-state index contributed by atoms with van der Waals surface area (Å²) in [6.07, 6.45) is 0.823. The van der Waals surface area contributed by atoms with Crippen LogP contribution in [-0.4, -0.2) is 29.9 Å². The molecule has 6 heteroatoms. The van der Waals surface area contributed by atoms with E-state index in [1.807, 2.05) is 13.8 Å². The third-order valence-corrected chi connectivity index (χ3v) is 2.46. The molecule has 6 nitrogen and oxygen atoms in total. The number of carbonyl (C=O) groups is 2. The van der Waals surface area contributed by atoms with Crippen LogP contribution < -0.4 is 16.4 Å². The molecule has 0 bridgehead atoms. The number of amides is 2. The molecule has 1 heterocycles. The number of nitrogens with two attached hydrogens (primary N) is 1. The van der Waals surface area contributed by atoms with Crippen molar-refractivity contribution in [1.82, 2.24) is 10.3 Å². The molecule has 0 aliphatic rings. The fourth-order valence-corrected chi connectivity index (χ4v) is 1.64. The van der Waals surface area contributed by atoms with Gasteiger partial charge in [-0.3, -0.25) is 9.59 Å². The van der Waals surface area contributed by atoms with Crippen LogP contribution in [0.5, 0.6) is 0 Å². The van der Waals surface area contributed by atoms with Crippen molar-refractivity contribution in [3.8, 4) is 0 Å². The average Bonchev–Trinajstić information content (AvgIpc) is 2.34. The Morgan fingerprint density at radius 3 is 2.74 bits per heavy atom.